The molecule has 4 heteroatoms. The highest BCUT2D eigenvalue weighted by Gasteiger charge is 2.12. The number of rotatable bonds is 2. The first-order valence-corrected chi connectivity index (χ1v) is 5.15. The number of aryl methyl sites for hydroxylation is 1. The van der Waals surface area contributed by atoms with E-state index in [1.165, 1.54) is 12.1 Å². The Morgan fingerprint density at radius 2 is 2.12 bits per heavy atom. The first-order valence-electron chi connectivity index (χ1n) is 5.15. The van der Waals surface area contributed by atoms with Crippen LogP contribution in [0, 0.1) is 12.7 Å². The summed E-state index contributed by atoms with van der Waals surface area (Å²) >= 11 is 0. The molecule has 0 saturated heterocycles. The molecule has 1 amide bonds. The van der Waals surface area contributed by atoms with Gasteiger partial charge >= 0.3 is 0 Å². The summed E-state index contributed by atoms with van der Waals surface area (Å²) in [6.45, 7) is 1.80. The van der Waals surface area contributed by atoms with E-state index in [-0.39, 0.29) is 5.56 Å². The van der Waals surface area contributed by atoms with Crippen molar-refractivity contribution in [3.63, 3.8) is 0 Å². The normalized spacial score (nSPS) is 10.0. The lowest BCUT2D eigenvalue weighted by molar-refractivity contribution is 0.102. The number of carbonyl (C=O) groups is 1. The van der Waals surface area contributed by atoms with E-state index in [0.717, 1.165) is 5.56 Å². The Bertz CT molecular complexity index is 540. The Balaban J connectivity index is 2.23. The van der Waals surface area contributed by atoms with Crippen molar-refractivity contribution in [1.82, 2.24) is 4.98 Å². The number of nitrogens with one attached hydrogen (secondary N) is 1. The number of amides is 1. The van der Waals surface area contributed by atoms with E-state index in [9.17, 15) is 9.18 Å². The summed E-state index contributed by atoms with van der Waals surface area (Å²) in [6, 6.07) is 9.53. The van der Waals surface area contributed by atoms with E-state index in [0.29, 0.717) is 5.82 Å². The largest absolute Gasteiger partial charge is 0.306 e. The van der Waals surface area contributed by atoms with Gasteiger partial charge in [-0.3, -0.25) is 4.79 Å². The van der Waals surface area contributed by atoms with Crippen molar-refractivity contribution in [3.8, 4) is 0 Å². The maximum Gasteiger partial charge on any atom is 0.259 e. The van der Waals surface area contributed by atoms with Crippen LogP contribution in [0.1, 0.15) is 15.9 Å². The van der Waals surface area contributed by atoms with Gasteiger partial charge in [0, 0.05) is 6.20 Å². The van der Waals surface area contributed by atoms with Crippen LogP contribution in [-0.2, 0) is 0 Å². The van der Waals surface area contributed by atoms with Crippen LogP contribution in [-0.4, -0.2) is 10.9 Å². The van der Waals surface area contributed by atoms with Crippen molar-refractivity contribution in [2.75, 3.05) is 5.32 Å². The second-order valence-corrected chi connectivity index (χ2v) is 3.65. The summed E-state index contributed by atoms with van der Waals surface area (Å²) in [6.07, 6.45) is 1.56. The Hall–Kier alpha value is -2.23. The molecule has 0 aliphatic rings. The second kappa shape index (κ2) is 4.74. The van der Waals surface area contributed by atoms with Crippen LogP contribution in [0.3, 0.4) is 0 Å². The van der Waals surface area contributed by atoms with E-state index in [1.807, 2.05) is 0 Å². The van der Waals surface area contributed by atoms with Gasteiger partial charge in [-0.15, -0.1) is 0 Å². The van der Waals surface area contributed by atoms with Crippen LogP contribution >= 0.6 is 0 Å². The molecule has 0 atom stereocenters. The van der Waals surface area contributed by atoms with Crippen molar-refractivity contribution in [2.45, 2.75) is 6.92 Å². The fraction of sp³-hybridized carbons (Fsp3) is 0.0769. The average molecular weight is 230 g/mol. The number of halogens is 1. The minimum atomic E-state index is -0.538. The molecule has 3 nitrogen and oxygen atoms in total. The number of benzene rings is 1. The molecule has 0 aliphatic heterocycles. The molecule has 0 bridgehead atoms. The number of anilines is 1. The number of pyridine rings is 1. The second-order valence-electron chi connectivity index (χ2n) is 3.65. The van der Waals surface area contributed by atoms with Gasteiger partial charge in [-0.25, -0.2) is 9.37 Å². The molecule has 1 heterocycles. The average Bonchev–Trinajstić information content (AvgIpc) is 2.33. The van der Waals surface area contributed by atoms with Crippen LogP contribution in [0.4, 0.5) is 10.2 Å². The molecule has 86 valence electrons. The van der Waals surface area contributed by atoms with E-state index in [2.05, 4.69) is 10.3 Å². The summed E-state index contributed by atoms with van der Waals surface area (Å²) in [4.78, 5) is 15.7. The van der Waals surface area contributed by atoms with Crippen LogP contribution in [0.15, 0.2) is 42.6 Å². The predicted octanol–water partition coefficient (Wildman–Crippen LogP) is 2.78. The topological polar surface area (TPSA) is 42.0 Å². The Kier molecular flexibility index (Phi) is 3.14. The lowest BCUT2D eigenvalue weighted by Gasteiger charge is -2.05. The summed E-state index contributed by atoms with van der Waals surface area (Å²) in [5.74, 6) is -0.632. The highest BCUT2D eigenvalue weighted by molar-refractivity contribution is 6.04. The molecule has 0 saturated carbocycles. The van der Waals surface area contributed by atoms with Crippen molar-refractivity contribution in [2.24, 2.45) is 0 Å². The number of hydrogen-bond donors (Lipinski definition) is 1. The van der Waals surface area contributed by atoms with Crippen molar-refractivity contribution >= 4 is 11.7 Å². The van der Waals surface area contributed by atoms with Gasteiger partial charge in [-0.1, -0.05) is 17.7 Å². The molecule has 1 aromatic carbocycles. The van der Waals surface area contributed by atoms with Gasteiger partial charge in [-0.05, 0) is 31.2 Å². The first-order chi connectivity index (χ1) is 8.16. The smallest absolute Gasteiger partial charge is 0.259 e. The van der Waals surface area contributed by atoms with Crippen LogP contribution in [0.5, 0.6) is 0 Å². The Morgan fingerprint density at radius 1 is 1.29 bits per heavy atom. The quantitative estimate of drug-likeness (QED) is 0.861. The van der Waals surface area contributed by atoms with Gasteiger partial charge in [0.25, 0.3) is 5.91 Å². The molecule has 0 radical (unpaired) electrons. The fourth-order valence-corrected chi connectivity index (χ4v) is 1.43. The molecule has 0 unspecified atom stereocenters. The van der Waals surface area contributed by atoms with E-state index in [1.54, 1.807) is 37.4 Å². The van der Waals surface area contributed by atoms with Crippen LogP contribution < -0.4 is 5.32 Å². The Morgan fingerprint density at radius 3 is 2.82 bits per heavy atom. The molecule has 1 aromatic heterocycles. The number of nitrogens with zero attached hydrogens (tertiary/aromatic N) is 1. The van der Waals surface area contributed by atoms with Gasteiger partial charge in [0.05, 0.1) is 5.56 Å². The third-order valence-electron chi connectivity index (χ3n) is 2.27. The van der Waals surface area contributed by atoms with E-state index < -0.39 is 11.7 Å². The van der Waals surface area contributed by atoms with Gasteiger partial charge in [0.15, 0.2) is 0 Å². The first kappa shape index (κ1) is 11.3. The highest BCUT2D eigenvalue weighted by atomic mass is 19.1. The van der Waals surface area contributed by atoms with E-state index >= 15 is 0 Å². The zero-order valence-electron chi connectivity index (χ0n) is 9.27. The standard InChI is InChI=1S/C13H11FN2O/c1-9-5-6-11(14)10(8-9)13(17)16-12-4-2-3-7-15-12/h2-8H,1H3,(H,15,16,17). The zero-order valence-corrected chi connectivity index (χ0v) is 9.27. The number of hydrogen-bond acceptors (Lipinski definition) is 2. The lowest BCUT2D eigenvalue weighted by atomic mass is 10.1. The SMILES string of the molecule is Cc1ccc(F)c(C(=O)Nc2ccccn2)c1. The Labute approximate surface area is 98.3 Å². The molecule has 1 N–H and O–H groups in total. The van der Waals surface area contributed by atoms with Crippen LogP contribution in [0.2, 0.25) is 0 Å². The van der Waals surface area contributed by atoms with Crippen molar-refractivity contribution in [1.29, 1.82) is 0 Å². The third-order valence-corrected chi connectivity index (χ3v) is 2.27. The van der Waals surface area contributed by atoms with Crippen molar-refractivity contribution in [3.05, 3.63) is 59.5 Å². The minimum absolute atomic E-state index is 0.0238. The molecule has 2 aromatic rings. The number of aromatic nitrogens is 1. The molecular formula is C13H11FN2O. The van der Waals surface area contributed by atoms with E-state index in [4.69, 9.17) is 0 Å². The molecule has 17 heavy (non-hydrogen) atoms. The van der Waals surface area contributed by atoms with Gasteiger partial charge < -0.3 is 5.32 Å². The monoisotopic (exact) mass is 230 g/mol. The molecular weight excluding hydrogens is 219 g/mol. The molecule has 0 spiro atoms. The maximum atomic E-state index is 13.4. The van der Waals surface area contributed by atoms with Gasteiger partial charge in [0.1, 0.15) is 11.6 Å². The van der Waals surface area contributed by atoms with Crippen LogP contribution in [0.25, 0.3) is 0 Å². The summed E-state index contributed by atoms with van der Waals surface area (Å²) in [5.41, 5.74) is 0.855. The third kappa shape index (κ3) is 2.66. The van der Waals surface area contributed by atoms with Gasteiger partial charge in [0.2, 0.25) is 0 Å². The fourth-order valence-electron chi connectivity index (χ4n) is 1.43. The molecule has 2 rings (SSSR count). The maximum absolute atomic E-state index is 13.4. The minimum Gasteiger partial charge on any atom is -0.306 e. The summed E-state index contributed by atoms with van der Waals surface area (Å²) in [5, 5.41) is 2.54. The molecule has 0 fully saturated rings. The lowest BCUT2D eigenvalue weighted by Crippen LogP contribution is -2.14. The number of carbonyl (C=O) groups excluding carboxylic acids is 1. The zero-order chi connectivity index (χ0) is 12.3. The van der Waals surface area contributed by atoms with Gasteiger partial charge in [-0.2, -0.15) is 0 Å². The summed E-state index contributed by atoms with van der Waals surface area (Å²) < 4.78 is 13.4. The highest BCUT2D eigenvalue weighted by Crippen LogP contribution is 2.12. The predicted molar refractivity (Wildman–Crippen MR) is 63.3 cm³/mol. The summed E-state index contributed by atoms with van der Waals surface area (Å²) in [7, 11) is 0. The molecule has 0 aliphatic carbocycles. The van der Waals surface area contributed by atoms with Crippen molar-refractivity contribution < 1.29 is 9.18 Å².